The molecule has 0 unspecified atom stereocenters. The molecule has 2 N–H and O–H groups in total. The lowest BCUT2D eigenvalue weighted by Crippen LogP contribution is -2.18. The minimum absolute atomic E-state index is 0. The normalized spacial score (nSPS) is 12.4. The first-order valence-electron chi connectivity index (χ1n) is 9.03. The Hall–Kier alpha value is -2.34. The first kappa shape index (κ1) is 20.4. The third kappa shape index (κ3) is 3.30. The number of aromatic hydroxyl groups is 1. The molecular weight excluding hydrogens is 392 g/mol. The molecule has 2 aromatic carbocycles. The van der Waals surface area contributed by atoms with Gasteiger partial charge in [-0.2, -0.15) is 0 Å². The molecule has 0 saturated heterocycles. The van der Waals surface area contributed by atoms with Crippen molar-refractivity contribution in [1.29, 1.82) is 0 Å². The van der Waals surface area contributed by atoms with Gasteiger partial charge in [-0.1, -0.05) is 31.2 Å². The standard InChI is InChI=1S/C22H22N2O2S.ClH/c1-4-17(24(2)3)13-5-7-14(8-6-13)19-18(25)10-9-16-20(19)15-11-12-27-21(15)22(26)23-16;/h5-12,17,25H,4H2,1-3H3,(H,23,26);1H/t17-;/m0./s1. The lowest BCUT2D eigenvalue weighted by molar-refractivity contribution is 0.292. The molecule has 0 fully saturated rings. The van der Waals surface area contributed by atoms with Crippen LogP contribution in [-0.2, 0) is 0 Å². The van der Waals surface area contributed by atoms with Crippen molar-refractivity contribution in [3.05, 3.63) is 63.8 Å². The summed E-state index contributed by atoms with van der Waals surface area (Å²) in [7, 11) is 4.17. The third-order valence-corrected chi connectivity index (χ3v) is 6.08. The van der Waals surface area contributed by atoms with E-state index >= 15 is 0 Å². The average Bonchev–Trinajstić information content (AvgIpc) is 3.14. The summed E-state index contributed by atoms with van der Waals surface area (Å²) in [6.07, 6.45) is 1.03. The third-order valence-electron chi connectivity index (χ3n) is 5.17. The minimum Gasteiger partial charge on any atom is -0.507 e. The van der Waals surface area contributed by atoms with Crippen LogP contribution < -0.4 is 5.56 Å². The van der Waals surface area contributed by atoms with Gasteiger partial charge in [-0.25, -0.2) is 0 Å². The van der Waals surface area contributed by atoms with Gasteiger partial charge in [0.2, 0.25) is 0 Å². The van der Waals surface area contributed by atoms with E-state index in [0.717, 1.165) is 33.8 Å². The van der Waals surface area contributed by atoms with Crippen molar-refractivity contribution in [3.63, 3.8) is 0 Å². The number of benzene rings is 2. The Morgan fingerprint density at radius 3 is 2.46 bits per heavy atom. The van der Waals surface area contributed by atoms with Crippen LogP contribution in [0.4, 0.5) is 0 Å². The Morgan fingerprint density at radius 2 is 1.82 bits per heavy atom. The molecule has 0 aliphatic carbocycles. The molecule has 4 aromatic rings. The molecule has 2 aromatic heterocycles. The smallest absolute Gasteiger partial charge is 0.266 e. The van der Waals surface area contributed by atoms with E-state index < -0.39 is 0 Å². The lowest BCUT2D eigenvalue weighted by Gasteiger charge is -2.23. The van der Waals surface area contributed by atoms with Crippen molar-refractivity contribution in [2.24, 2.45) is 0 Å². The van der Waals surface area contributed by atoms with Crippen molar-refractivity contribution < 1.29 is 5.11 Å². The summed E-state index contributed by atoms with van der Waals surface area (Å²) in [5.74, 6) is 0.217. The van der Waals surface area contributed by atoms with Gasteiger partial charge in [-0.05, 0) is 55.2 Å². The van der Waals surface area contributed by atoms with E-state index in [1.54, 1.807) is 12.1 Å². The summed E-state index contributed by atoms with van der Waals surface area (Å²) >= 11 is 1.42. The number of rotatable bonds is 4. The quantitative estimate of drug-likeness (QED) is 0.460. The number of phenols is 1. The number of H-pyrrole nitrogens is 1. The van der Waals surface area contributed by atoms with Gasteiger partial charge < -0.3 is 15.0 Å². The topological polar surface area (TPSA) is 56.3 Å². The summed E-state index contributed by atoms with van der Waals surface area (Å²) in [5, 5.41) is 14.3. The molecule has 4 rings (SSSR count). The molecule has 0 aliphatic rings. The SMILES string of the molecule is CC[C@@H](c1ccc(-c2c(O)ccc3[nH]c(=O)c4sccc4c23)cc1)N(C)C.Cl. The number of fused-ring (bicyclic) bond motifs is 3. The maximum atomic E-state index is 12.3. The molecule has 0 aliphatic heterocycles. The zero-order valence-corrected chi connectivity index (χ0v) is 17.7. The fourth-order valence-corrected chi connectivity index (χ4v) is 4.70. The number of aromatic amines is 1. The van der Waals surface area contributed by atoms with Crippen molar-refractivity contribution in [2.45, 2.75) is 19.4 Å². The van der Waals surface area contributed by atoms with E-state index in [2.05, 4.69) is 55.2 Å². The molecule has 146 valence electrons. The number of nitrogens with zero attached hydrogens (tertiary/aromatic N) is 1. The van der Waals surface area contributed by atoms with Crippen LogP contribution in [0, 0.1) is 0 Å². The van der Waals surface area contributed by atoms with Crippen LogP contribution in [0.5, 0.6) is 5.75 Å². The second kappa shape index (κ2) is 7.95. The van der Waals surface area contributed by atoms with Crippen LogP contribution in [0.15, 0.2) is 52.6 Å². The van der Waals surface area contributed by atoms with E-state index in [-0.39, 0.29) is 23.7 Å². The molecule has 0 bridgehead atoms. The molecule has 0 saturated carbocycles. The molecule has 4 nitrogen and oxygen atoms in total. The number of aromatic nitrogens is 1. The van der Waals surface area contributed by atoms with Crippen LogP contribution >= 0.6 is 23.7 Å². The second-order valence-electron chi connectivity index (χ2n) is 7.01. The number of phenolic OH excluding ortho intramolecular Hbond substituents is 1. The first-order chi connectivity index (χ1) is 13.0. The Morgan fingerprint density at radius 1 is 1.11 bits per heavy atom. The number of halogens is 1. The molecule has 28 heavy (non-hydrogen) atoms. The minimum atomic E-state index is -0.0868. The lowest BCUT2D eigenvalue weighted by atomic mass is 9.95. The number of hydrogen-bond donors (Lipinski definition) is 2. The molecule has 6 heteroatoms. The highest BCUT2D eigenvalue weighted by Gasteiger charge is 2.16. The van der Waals surface area contributed by atoms with Crippen molar-refractivity contribution in [1.82, 2.24) is 9.88 Å². The Kier molecular flexibility index (Phi) is 5.79. The fourth-order valence-electron chi connectivity index (χ4n) is 3.90. The molecule has 0 spiro atoms. The van der Waals surface area contributed by atoms with Gasteiger partial charge >= 0.3 is 0 Å². The summed E-state index contributed by atoms with van der Waals surface area (Å²) in [5.41, 5.74) is 3.60. The van der Waals surface area contributed by atoms with Crippen molar-refractivity contribution in [2.75, 3.05) is 14.1 Å². The highest BCUT2D eigenvalue weighted by atomic mass is 35.5. The van der Waals surface area contributed by atoms with Gasteiger partial charge in [0.25, 0.3) is 5.56 Å². The van der Waals surface area contributed by atoms with Gasteiger partial charge in [0.05, 0.1) is 0 Å². The van der Waals surface area contributed by atoms with E-state index in [1.165, 1.54) is 16.9 Å². The van der Waals surface area contributed by atoms with E-state index in [9.17, 15) is 9.90 Å². The van der Waals surface area contributed by atoms with Crippen LogP contribution in [0.2, 0.25) is 0 Å². The summed E-state index contributed by atoms with van der Waals surface area (Å²) < 4.78 is 0.685. The maximum Gasteiger partial charge on any atom is 0.266 e. The van der Waals surface area contributed by atoms with Crippen LogP contribution in [-0.4, -0.2) is 29.1 Å². The van der Waals surface area contributed by atoms with Crippen molar-refractivity contribution >= 4 is 44.7 Å². The zero-order valence-electron chi connectivity index (χ0n) is 16.0. The Labute approximate surface area is 173 Å². The van der Waals surface area contributed by atoms with Crippen LogP contribution in [0.3, 0.4) is 0 Å². The Balaban J connectivity index is 0.00000225. The zero-order chi connectivity index (χ0) is 19.1. The number of hydrogen-bond acceptors (Lipinski definition) is 4. The van der Waals surface area contributed by atoms with E-state index in [1.807, 2.05) is 11.4 Å². The number of pyridine rings is 1. The summed E-state index contributed by atoms with van der Waals surface area (Å²) in [6.45, 7) is 2.18. The molecule has 2 heterocycles. The maximum absolute atomic E-state index is 12.3. The first-order valence-corrected chi connectivity index (χ1v) is 9.91. The highest BCUT2D eigenvalue weighted by Crippen LogP contribution is 2.40. The van der Waals surface area contributed by atoms with Crippen LogP contribution in [0.25, 0.3) is 32.1 Å². The predicted octanol–water partition coefficient (Wildman–Crippen LogP) is 5.55. The fraction of sp³-hybridized carbons (Fsp3) is 0.227. The summed E-state index contributed by atoms with van der Waals surface area (Å²) in [6, 6.07) is 14.1. The number of nitrogens with one attached hydrogen (secondary N) is 1. The second-order valence-corrected chi connectivity index (χ2v) is 7.93. The highest BCUT2D eigenvalue weighted by molar-refractivity contribution is 7.17. The van der Waals surface area contributed by atoms with Gasteiger partial charge in [-0.15, -0.1) is 23.7 Å². The van der Waals surface area contributed by atoms with Crippen molar-refractivity contribution in [3.8, 4) is 16.9 Å². The van der Waals surface area contributed by atoms with Gasteiger partial charge in [-0.3, -0.25) is 4.79 Å². The van der Waals surface area contributed by atoms with E-state index in [0.29, 0.717) is 10.7 Å². The average molecular weight is 415 g/mol. The molecule has 0 radical (unpaired) electrons. The predicted molar refractivity (Wildman–Crippen MR) is 121 cm³/mol. The Bertz CT molecular complexity index is 1180. The molecule has 0 amide bonds. The molecular formula is C22H23ClN2O2S. The van der Waals surface area contributed by atoms with Gasteiger partial charge in [0.1, 0.15) is 10.4 Å². The van der Waals surface area contributed by atoms with Gasteiger partial charge in [0, 0.05) is 27.9 Å². The molecule has 1 atom stereocenters. The van der Waals surface area contributed by atoms with E-state index in [4.69, 9.17) is 0 Å². The van der Waals surface area contributed by atoms with Crippen LogP contribution in [0.1, 0.15) is 24.9 Å². The number of thiophene rings is 1. The summed E-state index contributed by atoms with van der Waals surface area (Å²) in [4.78, 5) is 17.5. The van der Waals surface area contributed by atoms with Gasteiger partial charge in [0.15, 0.2) is 0 Å². The largest absolute Gasteiger partial charge is 0.507 e. The monoisotopic (exact) mass is 414 g/mol.